The van der Waals surface area contributed by atoms with E-state index in [4.69, 9.17) is 39.9 Å². The van der Waals surface area contributed by atoms with Crippen molar-refractivity contribution < 1.29 is 0 Å². The van der Waals surface area contributed by atoms with Crippen LogP contribution in [0.4, 0.5) is 0 Å². The lowest BCUT2D eigenvalue weighted by Crippen LogP contribution is -1.97. The van der Waals surface area contributed by atoms with Gasteiger partial charge in [0.15, 0.2) is 0 Å². The molecule has 4 heterocycles. The van der Waals surface area contributed by atoms with Crippen molar-refractivity contribution in [1.29, 1.82) is 0 Å². The van der Waals surface area contributed by atoms with Crippen LogP contribution < -0.4 is 0 Å². The van der Waals surface area contributed by atoms with Crippen molar-refractivity contribution in [3.05, 3.63) is 448 Å². The number of benzene rings is 17. The summed E-state index contributed by atoms with van der Waals surface area (Å²) in [4.78, 5) is 38.7. The molecule has 0 atom stereocenters. The molecule has 8 nitrogen and oxygen atoms in total. The Balaban J connectivity index is 0.000000110. The van der Waals surface area contributed by atoms with Gasteiger partial charge in [0.25, 0.3) is 0 Å². The quantitative estimate of drug-likeness (QED) is 0.119. The van der Waals surface area contributed by atoms with Gasteiger partial charge in [-0.25, -0.2) is 39.9 Å². The van der Waals surface area contributed by atoms with E-state index in [9.17, 15) is 0 Å². The van der Waals surface area contributed by atoms with E-state index < -0.39 is 0 Å². The van der Waals surface area contributed by atoms with Crippen LogP contribution in [0.15, 0.2) is 425 Å². The Labute approximate surface area is 699 Å². The van der Waals surface area contributed by atoms with Gasteiger partial charge in [0.2, 0.25) is 0 Å². The Morgan fingerprint density at radius 3 is 0.842 bits per heavy atom. The first-order chi connectivity index (χ1) is 59.1. The van der Waals surface area contributed by atoms with E-state index in [1.165, 1.54) is 60.8 Å². The number of fused-ring (bicyclic) bond motifs is 5. The minimum Gasteiger partial charge on any atom is -0.233 e. The van der Waals surface area contributed by atoms with Crippen molar-refractivity contribution >= 4 is 54.4 Å². The van der Waals surface area contributed by atoms with Crippen LogP contribution in [0.25, 0.3) is 188 Å². The lowest BCUT2D eigenvalue weighted by atomic mass is 9.91. The van der Waals surface area contributed by atoms with Gasteiger partial charge in [0.1, 0.15) is 23.3 Å². The highest BCUT2D eigenvalue weighted by molar-refractivity contribution is 6.08. The van der Waals surface area contributed by atoms with Gasteiger partial charge in [0, 0.05) is 54.9 Å². The maximum Gasteiger partial charge on any atom is 0.126 e. The molecule has 0 aliphatic carbocycles. The Bertz CT molecular complexity index is 7180. The van der Waals surface area contributed by atoms with Crippen molar-refractivity contribution in [3.8, 4) is 134 Å². The molecule has 21 rings (SSSR count). The molecule has 0 radical (unpaired) electrons. The lowest BCUT2D eigenvalue weighted by molar-refractivity contribution is 1.10. The fourth-order valence-electron chi connectivity index (χ4n) is 16.0. The van der Waals surface area contributed by atoms with E-state index in [0.29, 0.717) is 0 Å². The van der Waals surface area contributed by atoms with Crippen molar-refractivity contribution in [2.45, 2.75) is 27.7 Å². The Morgan fingerprint density at radius 2 is 0.433 bits per heavy atom. The summed E-state index contributed by atoms with van der Waals surface area (Å²) in [6, 6.07) is 148. The Hall–Kier alpha value is -15.6. The first-order valence-electron chi connectivity index (χ1n) is 40.5. The standard InChI is InChI=1S/C31H22N2.3C27H20N2/c1-21-32-30(24-13-6-3-7-14-24)29-20-27(26-17-16-22-10-8-9-15-25(22)18-26)19-28(31(29)33-21)23-11-4-2-5-12-23;1-19-28-26-18-24(21-13-7-3-8-14-21)23(20-11-5-2-6-12-20)17-25(26)27(29-19)22-15-9-4-10-16-22;1-19-28-25-18-23(20-11-5-2-6-12-20)17-24(21-13-7-3-8-14-21)26(25)27(29-19)22-15-9-4-10-16-22;1-19-28-26(22-15-9-4-10-16-22)25-18-23(20-11-5-2-6-12-20)17-24(27(25)29-19)21-13-7-3-8-14-21/h2-20H,1H3;3*2-18H,1H3. The summed E-state index contributed by atoms with van der Waals surface area (Å²) < 4.78 is 0. The van der Waals surface area contributed by atoms with Crippen LogP contribution in [-0.4, -0.2) is 39.9 Å². The summed E-state index contributed by atoms with van der Waals surface area (Å²) in [5.74, 6) is 3.11. The first-order valence-corrected chi connectivity index (χ1v) is 40.5. The van der Waals surface area contributed by atoms with Gasteiger partial charge in [-0.15, -0.1) is 0 Å². The second-order valence-corrected chi connectivity index (χ2v) is 29.7. The molecule has 0 saturated carbocycles. The average molecular weight is 1540 g/mol. The third-order valence-corrected chi connectivity index (χ3v) is 21.6. The fraction of sp³-hybridized carbons (Fsp3) is 0.0357. The summed E-state index contributed by atoms with van der Waals surface area (Å²) in [5.41, 5.74) is 30.9. The number of hydrogen-bond acceptors (Lipinski definition) is 8. The maximum atomic E-state index is 4.91. The van der Waals surface area contributed by atoms with E-state index in [1.54, 1.807) is 0 Å². The largest absolute Gasteiger partial charge is 0.233 e. The highest BCUT2D eigenvalue weighted by Crippen LogP contribution is 2.44. The molecule has 0 aliphatic heterocycles. The molecule has 21 aromatic rings. The monoisotopic (exact) mass is 1540 g/mol. The number of nitrogens with zero attached hydrogens (tertiary/aromatic N) is 8. The van der Waals surface area contributed by atoms with Crippen molar-refractivity contribution in [2.24, 2.45) is 0 Å². The zero-order valence-electron chi connectivity index (χ0n) is 67.0. The van der Waals surface area contributed by atoms with Crippen LogP contribution >= 0.6 is 0 Å². The van der Waals surface area contributed by atoms with Crippen LogP contribution in [0, 0.1) is 27.7 Å². The topological polar surface area (TPSA) is 103 Å². The molecule has 570 valence electrons. The molecular weight excluding hydrogens is 1460 g/mol. The highest BCUT2D eigenvalue weighted by Gasteiger charge is 2.21. The molecule has 17 aromatic carbocycles. The van der Waals surface area contributed by atoms with Crippen molar-refractivity contribution in [1.82, 2.24) is 39.9 Å². The molecule has 8 heteroatoms. The van der Waals surface area contributed by atoms with Crippen LogP contribution in [0.2, 0.25) is 0 Å². The van der Waals surface area contributed by atoms with Crippen LogP contribution in [0.1, 0.15) is 23.3 Å². The lowest BCUT2D eigenvalue weighted by Gasteiger charge is -2.15. The van der Waals surface area contributed by atoms with E-state index in [2.05, 4.69) is 370 Å². The molecule has 0 spiro atoms. The molecule has 0 unspecified atom stereocenters. The van der Waals surface area contributed by atoms with Gasteiger partial charge < -0.3 is 0 Å². The Morgan fingerprint density at radius 1 is 0.150 bits per heavy atom. The van der Waals surface area contributed by atoms with Crippen LogP contribution in [0.3, 0.4) is 0 Å². The molecule has 0 fully saturated rings. The molecular formula is C112H82N8. The van der Waals surface area contributed by atoms with Gasteiger partial charge in [-0.2, -0.15) is 0 Å². The van der Waals surface area contributed by atoms with Crippen molar-refractivity contribution in [2.75, 3.05) is 0 Å². The molecule has 0 aliphatic rings. The van der Waals surface area contributed by atoms with Gasteiger partial charge >= 0.3 is 0 Å². The summed E-state index contributed by atoms with van der Waals surface area (Å²) in [6.45, 7) is 7.85. The molecule has 4 aromatic heterocycles. The van der Waals surface area contributed by atoms with Gasteiger partial charge in [-0.1, -0.05) is 370 Å². The van der Waals surface area contributed by atoms with Gasteiger partial charge in [-0.05, 0) is 171 Å². The highest BCUT2D eigenvalue weighted by atomic mass is 14.9. The zero-order valence-corrected chi connectivity index (χ0v) is 67.0. The minimum absolute atomic E-state index is 0.775. The molecule has 0 bridgehead atoms. The average Bonchev–Trinajstić information content (AvgIpc) is 0.769. The predicted octanol–water partition coefficient (Wildman–Crippen LogP) is 28.9. The van der Waals surface area contributed by atoms with Gasteiger partial charge in [-0.3, -0.25) is 0 Å². The molecule has 0 saturated heterocycles. The fourth-order valence-corrected chi connectivity index (χ4v) is 16.0. The Kier molecular flexibility index (Phi) is 22.0. The molecule has 120 heavy (non-hydrogen) atoms. The van der Waals surface area contributed by atoms with Crippen LogP contribution in [-0.2, 0) is 0 Å². The number of hydrogen-bond donors (Lipinski definition) is 0. The number of aryl methyl sites for hydroxylation is 4. The molecule has 0 amide bonds. The minimum atomic E-state index is 0.775. The summed E-state index contributed by atoms with van der Waals surface area (Å²) in [7, 11) is 0. The smallest absolute Gasteiger partial charge is 0.126 e. The van der Waals surface area contributed by atoms with E-state index in [-0.39, 0.29) is 0 Å². The second-order valence-electron chi connectivity index (χ2n) is 29.7. The maximum absolute atomic E-state index is 4.91. The summed E-state index contributed by atoms with van der Waals surface area (Å²) >= 11 is 0. The van der Waals surface area contributed by atoms with Crippen molar-refractivity contribution in [3.63, 3.8) is 0 Å². The third kappa shape index (κ3) is 16.5. The number of aromatic nitrogens is 8. The molecule has 0 N–H and O–H groups in total. The summed E-state index contributed by atoms with van der Waals surface area (Å²) in [5, 5.41) is 6.78. The van der Waals surface area contributed by atoms with Gasteiger partial charge in [0.05, 0.1) is 44.8 Å². The predicted molar refractivity (Wildman–Crippen MR) is 500 cm³/mol. The van der Waals surface area contributed by atoms with E-state index in [0.717, 1.165) is 151 Å². The second kappa shape index (κ2) is 34.8. The number of rotatable bonds is 12. The first kappa shape index (κ1) is 75.7. The normalized spacial score (nSPS) is 11.0. The third-order valence-electron chi connectivity index (χ3n) is 21.6. The van der Waals surface area contributed by atoms with Crippen LogP contribution in [0.5, 0.6) is 0 Å². The van der Waals surface area contributed by atoms with E-state index >= 15 is 0 Å². The van der Waals surface area contributed by atoms with E-state index in [1.807, 2.05) is 82.3 Å². The SMILES string of the molecule is Cc1nc(-c2ccccc2)c2c(-c3ccccc3)cc(-c3ccccc3)cc2n1.Cc1nc(-c2ccccc2)c2cc(-c3ccc4ccccc4c3)cc(-c3ccccc3)c2n1.Cc1nc(-c2ccccc2)c2cc(-c3ccccc3)c(-c3ccccc3)cc2n1.Cc1nc(-c2ccccc2)c2cc(-c3ccccc3)cc(-c3ccccc3)c2n1. The summed E-state index contributed by atoms with van der Waals surface area (Å²) in [6.07, 6.45) is 0. The zero-order chi connectivity index (χ0) is 81.1.